The third-order valence-corrected chi connectivity index (χ3v) is 14.0. The molecule has 348 valence electrons. The minimum absolute atomic E-state index is 0.0540. The van der Waals surface area contributed by atoms with E-state index >= 15 is 9.59 Å². The molecule has 4 atom stereocenters. The van der Waals surface area contributed by atoms with Crippen LogP contribution in [0.3, 0.4) is 0 Å². The first kappa shape index (κ1) is 44.1. The normalized spacial score (nSPS) is 21.0. The number of aryl methyl sites for hydroxylation is 1. The highest BCUT2D eigenvalue weighted by Gasteiger charge is 2.55. The Morgan fingerprint density at radius 3 is 1.31 bits per heavy atom. The fourth-order valence-electron chi connectivity index (χ4n) is 10.7. The van der Waals surface area contributed by atoms with E-state index in [0.29, 0.717) is 75.4 Å². The van der Waals surface area contributed by atoms with E-state index in [1.54, 1.807) is 23.2 Å². The van der Waals surface area contributed by atoms with E-state index in [1.165, 1.54) is 34.4 Å². The summed E-state index contributed by atoms with van der Waals surface area (Å²) >= 11 is 0. The lowest BCUT2D eigenvalue weighted by molar-refractivity contribution is 0.108. The lowest BCUT2D eigenvalue weighted by atomic mass is 10.0. The van der Waals surface area contributed by atoms with Crippen molar-refractivity contribution in [2.45, 2.75) is 57.0 Å². The minimum atomic E-state index is -0.681. The number of hydrogen-bond acceptors (Lipinski definition) is 12. The van der Waals surface area contributed by atoms with Gasteiger partial charge in [0.1, 0.15) is 11.4 Å². The standard InChI is InChI=1S/C51H60N12O4/c1-54-44-42(46(64)56(3)50(54)66)60(32-38-21-13-7-14-22-38)48(58-29-27-52-40(34-58)26-25-36-17-9-5-10-18-36)62(44)63-45-43(47(65)57(4)51(67)55(45)2)61(33-39-23-15-8-16-24-39)49(63)59-30-28-53-41(35-59)31-37-19-11-6-12-20-37/h5-24,40-41,48-49,52-53H,25-35H2,1-4H3. The molecule has 0 saturated carbocycles. The number of benzene rings is 4. The Morgan fingerprint density at radius 2 is 0.866 bits per heavy atom. The largest absolute Gasteiger partial charge is 0.332 e. The van der Waals surface area contributed by atoms with Gasteiger partial charge < -0.3 is 20.4 Å². The van der Waals surface area contributed by atoms with E-state index in [0.717, 1.165) is 30.4 Å². The first-order chi connectivity index (χ1) is 32.6. The van der Waals surface area contributed by atoms with Gasteiger partial charge >= 0.3 is 11.4 Å². The van der Waals surface area contributed by atoms with Crippen LogP contribution in [0.4, 0.5) is 23.0 Å². The van der Waals surface area contributed by atoms with Crippen LogP contribution in [0.2, 0.25) is 0 Å². The van der Waals surface area contributed by atoms with Crippen molar-refractivity contribution < 1.29 is 0 Å². The van der Waals surface area contributed by atoms with Gasteiger partial charge in [-0.15, -0.1) is 0 Å². The van der Waals surface area contributed by atoms with Gasteiger partial charge in [-0.3, -0.25) is 37.7 Å². The van der Waals surface area contributed by atoms with Crippen LogP contribution in [0.15, 0.2) is 141 Å². The molecule has 2 aromatic heterocycles. The molecule has 2 fully saturated rings. The second-order valence-corrected chi connectivity index (χ2v) is 18.4. The number of piperazine rings is 2. The molecule has 0 radical (unpaired) electrons. The molecule has 4 unspecified atom stereocenters. The predicted molar refractivity (Wildman–Crippen MR) is 263 cm³/mol. The molecule has 0 amide bonds. The fourth-order valence-corrected chi connectivity index (χ4v) is 10.7. The van der Waals surface area contributed by atoms with E-state index in [4.69, 9.17) is 0 Å². The minimum Gasteiger partial charge on any atom is -0.325 e. The number of fused-ring (bicyclic) bond motifs is 2. The number of hydrogen-bond donors (Lipinski definition) is 2. The lowest BCUT2D eigenvalue weighted by Crippen LogP contribution is -2.71. The molecule has 0 aliphatic carbocycles. The summed E-state index contributed by atoms with van der Waals surface area (Å²) in [4.78, 5) is 67.9. The van der Waals surface area contributed by atoms with Crippen LogP contribution >= 0.6 is 0 Å². The highest BCUT2D eigenvalue weighted by molar-refractivity contribution is 5.82. The summed E-state index contributed by atoms with van der Waals surface area (Å²) in [5, 5.41) is 11.7. The first-order valence-electron chi connectivity index (χ1n) is 23.4. The number of rotatable bonds is 12. The summed E-state index contributed by atoms with van der Waals surface area (Å²) in [5.74, 6) is 0.795. The van der Waals surface area contributed by atoms with E-state index in [9.17, 15) is 9.59 Å². The predicted octanol–water partition coefficient (Wildman–Crippen LogP) is 2.74. The zero-order valence-corrected chi connectivity index (χ0v) is 38.7. The monoisotopic (exact) mass is 904 g/mol. The second-order valence-electron chi connectivity index (χ2n) is 18.4. The van der Waals surface area contributed by atoms with Crippen molar-refractivity contribution in [3.63, 3.8) is 0 Å². The van der Waals surface area contributed by atoms with Gasteiger partial charge in [0.2, 0.25) is 0 Å². The maximum atomic E-state index is 15.0. The molecular weight excluding hydrogens is 845 g/mol. The number of hydrazine groups is 1. The maximum absolute atomic E-state index is 15.0. The molecule has 10 rings (SSSR count). The first-order valence-corrected chi connectivity index (χ1v) is 23.4. The number of nitrogens with one attached hydrogen (secondary N) is 2. The molecule has 4 aliphatic rings. The van der Waals surface area contributed by atoms with Gasteiger partial charge in [0.25, 0.3) is 11.1 Å². The van der Waals surface area contributed by atoms with E-state index in [1.807, 2.05) is 48.5 Å². The van der Waals surface area contributed by atoms with Crippen LogP contribution < -0.4 is 52.9 Å². The van der Waals surface area contributed by atoms with Crippen molar-refractivity contribution in [3.05, 3.63) is 185 Å². The molecule has 0 spiro atoms. The van der Waals surface area contributed by atoms with Crippen molar-refractivity contribution in [3.8, 4) is 0 Å². The molecule has 6 heterocycles. The van der Waals surface area contributed by atoms with Gasteiger partial charge in [0, 0.05) is 92.6 Å². The Kier molecular flexibility index (Phi) is 12.2. The second kappa shape index (κ2) is 18.5. The van der Waals surface area contributed by atoms with Crippen LogP contribution in [-0.4, -0.2) is 92.0 Å². The van der Waals surface area contributed by atoms with Crippen molar-refractivity contribution in [2.75, 3.05) is 59.1 Å². The SMILES string of the molecule is Cn1c2c(c(=O)n(C)c1=O)N(Cc1ccccc1)C(N1CCNC(CCc3ccccc3)C1)N2N1c2c(c(=O)n(C)c(=O)n2C)N(Cc2ccccc2)C1N1CCNC(Cc2ccccc2)C1. The number of nitrogens with zero attached hydrogens (tertiary/aromatic N) is 10. The average Bonchev–Trinajstić information content (AvgIpc) is 3.87. The molecule has 4 aromatic carbocycles. The fraction of sp³-hybridized carbons (Fsp3) is 0.373. The third-order valence-electron chi connectivity index (χ3n) is 14.0. The highest BCUT2D eigenvalue weighted by atomic mass is 16.2. The van der Waals surface area contributed by atoms with Gasteiger partial charge in [-0.25, -0.2) is 19.6 Å². The smallest absolute Gasteiger partial charge is 0.325 e. The summed E-state index contributed by atoms with van der Waals surface area (Å²) in [7, 11) is 6.50. The van der Waals surface area contributed by atoms with Crippen LogP contribution in [0.5, 0.6) is 0 Å². The molecule has 0 bridgehead atoms. The van der Waals surface area contributed by atoms with Crippen molar-refractivity contribution in [2.24, 2.45) is 28.2 Å². The molecular formula is C51H60N12O4. The van der Waals surface area contributed by atoms with Crippen molar-refractivity contribution in [1.82, 2.24) is 38.7 Å². The molecule has 16 heteroatoms. The summed E-state index contributed by atoms with van der Waals surface area (Å²) in [5.41, 5.74) is 3.40. The van der Waals surface area contributed by atoms with E-state index in [-0.39, 0.29) is 12.1 Å². The molecule has 2 N–H and O–H groups in total. The van der Waals surface area contributed by atoms with Crippen LogP contribution in [0.25, 0.3) is 0 Å². The Bertz CT molecular complexity index is 2960. The summed E-state index contributed by atoms with van der Waals surface area (Å²) in [6.45, 7) is 4.53. The third kappa shape index (κ3) is 8.17. The molecule has 4 aliphatic heterocycles. The van der Waals surface area contributed by atoms with E-state index in [2.05, 4.69) is 113 Å². The van der Waals surface area contributed by atoms with Crippen molar-refractivity contribution >= 4 is 23.0 Å². The Labute approximate surface area is 390 Å². The molecule has 2 saturated heterocycles. The Balaban J connectivity index is 1.19. The lowest BCUT2D eigenvalue weighted by Gasteiger charge is -2.51. The molecule has 67 heavy (non-hydrogen) atoms. The van der Waals surface area contributed by atoms with Gasteiger partial charge in [-0.2, -0.15) is 0 Å². The van der Waals surface area contributed by atoms with Gasteiger partial charge in [-0.05, 0) is 41.5 Å². The Morgan fingerprint density at radius 1 is 0.478 bits per heavy atom. The van der Waals surface area contributed by atoms with Crippen LogP contribution in [-0.2, 0) is 54.1 Å². The summed E-state index contributed by atoms with van der Waals surface area (Å²) < 4.78 is 5.50. The van der Waals surface area contributed by atoms with Crippen molar-refractivity contribution in [1.29, 1.82) is 0 Å². The zero-order chi connectivity index (χ0) is 46.3. The highest BCUT2D eigenvalue weighted by Crippen LogP contribution is 2.47. The maximum Gasteiger partial charge on any atom is 0.332 e. The van der Waals surface area contributed by atoms with E-state index < -0.39 is 35.1 Å². The number of anilines is 4. The van der Waals surface area contributed by atoms with Gasteiger partial charge in [-0.1, -0.05) is 121 Å². The summed E-state index contributed by atoms with van der Waals surface area (Å²) in [6.07, 6.45) is 1.20. The number of aromatic nitrogens is 4. The van der Waals surface area contributed by atoms with Crippen LogP contribution in [0.1, 0.15) is 28.7 Å². The Hall–Kier alpha value is -6.72. The quantitative estimate of drug-likeness (QED) is 0.188. The van der Waals surface area contributed by atoms with Gasteiger partial charge in [0.05, 0.1) is 0 Å². The van der Waals surface area contributed by atoms with Crippen LogP contribution in [0, 0.1) is 0 Å². The average molecular weight is 905 g/mol. The zero-order valence-electron chi connectivity index (χ0n) is 38.7. The van der Waals surface area contributed by atoms with Gasteiger partial charge in [0.15, 0.2) is 24.2 Å². The topological polar surface area (TPSA) is 132 Å². The summed E-state index contributed by atoms with van der Waals surface area (Å²) in [6, 6.07) is 41.3. The molecule has 16 nitrogen and oxygen atoms in total. The molecule has 6 aromatic rings.